The summed E-state index contributed by atoms with van der Waals surface area (Å²) < 4.78 is 13.3. The molecule has 0 radical (unpaired) electrons. The molecular formula is C10H9BrFN. The van der Waals surface area contributed by atoms with Gasteiger partial charge in [-0.25, -0.2) is 4.39 Å². The fraction of sp³-hybridized carbons (Fsp3) is 0.300. The summed E-state index contributed by atoms with van der Waals surface area (Å²) in [7, 11) is 0. The average molecular weight is 242 g/mol. The number of rotatable bonds is 1. The molecule has 0 saturated heterocycles. The van der Waals surface area contributed by atoms with Crippen LogP contribution in [0.1, 0.15) is 28.4 Å². The van der Waals surface area contributed by atoms with E-state index in [1.165, 1.54) is 12.1 Å². The van der Waals surface area contributed by atoms with Crippen molar-refractivity contribution < 1.29 is 4.39 Å². The van der Waals surface area contributed by atoms with E-state index in [1.807, 2.05) is 13.0 Å². The number of halogens is 2. The van der Waals surface area contributed by atoms with E-state index in [4.69, 9.17) is 5.26 Å². The molecule has 0 N–H and O–H groups in total. The second-order valence-corrected chi connectivity index (χ2v) is 4.23. The van der Waals surface area contributed by atoms with Crippen molar-refractivity contribution >= 4 is 15.9 Å². The van der Waals surface area contributed by atoms with Crippen LogP contribution in [0.2, 0.25) is 0 Å². The van der Waals surface area contributed by atoms with Gasteiger partial charge in [0.25, 0.3) is 0 Å². The molecule has 13 heavy (non-hydrogen) atoms. The Hall–Kier alpha value is -0.880. The Morgan fingerprint density at radius 2 is 2.15 bits per heavy atom. The topological polar surface area (TPSA) is 23.8 Å². The largest absolute Gasteiger partial charge is 0.207 e. The van der Waals surface area contributed by atoms with E-state index >= 15 is 0 Å². The molecule has 68 valence electrons. The summed E-state index contributed by atoms with van der Waals surface area (Å²) in [5, 5.41) is 8.73. The number of alkyl halides is 1. The van der Waals surface area contributed by atoms with Gasteiger partial charge in [-0.1, -0.05) is 15.9 Å². The molecule has 0 aliphatic heterocycles. The highest BCUT2D eigenvalue weighted by Crippen LogP contribution is 2.29. The van der Waals surface area contributed by atoms with Gasteiger partial charge in [-0.3, -0.25) is 0 Å². The maximum atomic E-state index is 13.3. The van der Waals surface area contributed by atoms with E-state index in [-0.39, 0.29) is 10.6 Å². The Morgan fingerprint density at radius 1 is 1.54 bits per heavy atom. The van der Waals surface area contributed by atoms with Crippen molar-refractivity contribution in [2.24, 2.45) is 0 Å². The van der Waals surface area contributed by atoms with Crippen LogP contribution in [-0.4, -0.2) is 0 Å². The number of hydrogen-bond donors (Lipinski definition) is 0. The quantitative estimate of drug-likeness (QED) is 0.692. The number of hydrogen-bond acceptors (Lipinski definition) is 1. The van der Waals surface area contributed by atoms with Crippen LogP contribution in [0.3, 0.4) is 0 Å². The molecule has 1 aromatic carbocycles. The van der Waals surface area contributed by atoms with E-state index in [0.717, 1.165) is 0 Å². The summed E-state index contributed by atoms with van der Waals surface area (Å²) >= 11 is 3.30. The zero-order valence-electron chi connectivity index (χ0n) is 7.44. The second-order valence-electron chi connectivity index (χ2n) is 2.86. The van der Waals surface area contributed by atoms with Crippen molar-refractivity contribution in [3.63, 3.8) is 0 Å². The summed E-state index contributed by atoms with van der Waals surface area (Å²) in [5.74, 6) is -0.263. The third-order valence-corrected chi connectivity index (χ3v) is 2.44. The van der Waals surface area contributed by atoms with Crippen LogP contribution in [0, 0.1) is 24.1 Å². The van der Waals surface area contributed by atoms with Crippen molar-refractivity contribution in [1.29, 1.82) is 5.26 Å². The summed E-state index contributed by atoms with van der Waals surface area (Å²) in [6.07, 6.45) is 0. The lowest BCUT2D eigenvalue weighted by atomic mass is 10.0. The van der Waals surface area contributed by atoms with Crippen LogP contribution >= 0.6 is 15.9 Å². The van der Waals surface area contributed by atoms with Crippen LogP contribution in [0.5, 0.6) is 0 Å². The third-order valence-electron chi connectivity index (χ3n) is 1.98. The van der Waals surface area contributed by atoms with Gasteiger partial charge in [0.2, 0.25) is 0 Å². The third kappa shape index (κ3) is 1.89. The molecule has 1 unspecified atom stereocenters. The first kappa shape index (κ1) is 10.2. The maximum absolute atomic E-state index is 13.3. The molecule has 0 spiro atoms. The first-order valence-electron chi connectivity index (χ1n) is 3.91. The van der Waals surface area contributed by atoms with Gasteiger partial charge in [-0.2, -0.15) is 5.26 Å². The SMILES string of the molecule is Cc1c(C#N)ccc(F)c1C(C)Br. The molecule has 1 atom stereocenters. The van der Waals surface area contributed by atoms with Crippen molar-refractivity contribution in [3.05, 3.63) is 34.6 Å². The molecule has 3 heteroatoms. The Morgan fingerprint density at radius 3 is 2.62 bits per heavy atom. The number of benzene rings is 1. The summed E-state index contributed by atoms with van der Waals surface area (Å²) in [4.78, 5) is -0.0687. The van der Waals surface area contributed by atoms with E-state index in [0.29, 0.717) is 16.7 Å². The molecule has 1 aromatic rings. The lowest BCUT2D eigenvalue weighted by Gasteiger charge is -2.10. The first-order chi connectivity index (χ1) is 6.07. The van der Waals surface area contributed by atoms with Gasteiger partial charge in [0.15, 0.2) is 0 Å². The molecule has 0 aromatic heterocycles. The van der Waals surface area contributed by atoms with Crippen LogP contribution in [-0.2, 0) is 0 Å². The molecule has 0 fully saturated rings. The maximum Gasteiger partial charge on any atom is 0.127 e. The average Bonchev–Trinajstić information content (AvgIpc) is 2.04. The lowest BCUT2D eigenvalue weighted by molar-refractivity contribution is 0.609. The Balaban J connectivity index is 3.41. The predicted molar refractivity (Wildman–Crippen MR) is 53.2 cm³/mol. The predicted octanol–water partition coefficient (Wildman–Crippen LogP) is 3.46. The van der Waals surface area contributed by atoms with Crippen LogP contribution in [0.15, 0.2) is 12.1 Å². The Labute approximate surface area is 85.3 Å². The van der Waals surface area contributed by atoms with Gasteiger partial charge < -0.3 is 0 Å². The van der Waals surface area contributed by atoms with Crippen LogP contribution in [0.25, 0.3) is 0 Å². The number of nitriles is 1. The summed E-state index contributed by atoms with van der Waals surface area (Å²) in [6, 6.07) is 4.87. The molecule has 0 heterocycles. The van der Waals surface area contributed by atoms with Gasteiger partial charge in [0.05, 0.1) is 11.6 Å². The van der Waals surface area contributed by atoms with Crippen molar-refractivity contribution in [2.45, 2.75) is 18.7 Å². The lowest BCUT2D eigenvalue weighted by Crippen LogP contribution is -1.97. The molecule has 1 nitrogen and oxygen atoms in total. The summed E-state index contributed by atoms with van der Waals surface area (Å²) in [6.45, 7) is 3.60. The van der Waals surface area contributed by atoms with Crippen LogP contribution in [0.4, 0.5) is 4.39 Å². The normalized spacial score (nSPS) is 12.2. The Kier molecular flexibility index (Phi) is 3.05. The van der Waals surface area contributed by atoms with Crippen molar-refractivity contribution in [1.82, 2.24) is 0 Å². The molecule has 0 amide bonds. The van der Waals surface area contributed by atoms with Crippen molar-refractivity contribution in [2.75, 3.05) is 0 Å². The highest BCUT2D eigenvalue weighted by atomic mass is 79.9. The van der Waals surface area contributed by atoms with E-state index in [2.05, 4.69) is 15.9 Å². The van der Waals surface area contributed by atoms with Gasteiger partial charge in [-0.05, 0) is 31.5 Å². The fourth-order valence-electron chi connectivity index (χ4n) is 1.30. The smallest absolute Gasteiger partial charge is 0.127 e. The zero-order chi connectivity index (χ0) is 10.0. The zero-order valence-corrected chi connectivity index (χ0v) is 9.02. The van der Waals surface area contributed by atoms with Gasteiger partial charge in [0.1, 0.15) is 5.82 Å². The minimum atomic E-state index is -0.263. The Bertz CT molecular complexity index is 366. The highest BCUT2D eigenvalue weighted by Gasteiger charge is 2.13. The van der Waals surface area contributed by atoms with E-state index in [1.54, 1.807) is 6.92 Å². The number of nitrogens with zero attached hydrogens (tertiary/aromatic N) is 1. The second kappa shape index (κ2) is 3.89. The first-order valence-corrected chi connectivity index (χ1v) is 4.82. The minimum absolute atomic E-state index is 0.0687. The molecule has 1 rings (SSSR count). The molecular weight excluding hydrogens is 233 g/mol. The van der Waals surface area contributed by atoms with Crippen molar-refractivity contribution in [3.8, 4) is 6.07 Å². The highest BCUT2D eigenvalue weighted by molar-refractivity contribution is 9.09. The monoisotopic (exact) mass is 241 g/mol. The van der Waals surface area contributed by atoms with Gasteiger partial charge in [0, 0.05) is 10.4 Å². The fourth-order valence-corrected chi connectivity index (χ4v) is 1.87. The van der Waals surface area contributed by atoms with Gasteiger partial charge in [-0.15, -0.1) is 0 Å². The van der Waals surface area contributed by atoms with E-state index < -0.39 is 0 Å². The standard InChI is InChI=1S/C10H9BrFN/c1-6-8(5-13)3-4-9(12)10(6)7(2)11/h3-4,7H,1-2H3. The van der Waals surface area contributed by atoms with Gasteiger partial charge >= 0.3 is 0 Å². The molecule has 0 bridgehead atoms. The summed E-state index contributed by atoms with van der Waals surface area (Å²) in [5.41, 5.74) is 1.81. The molecule has 0 aliphatic carbocycles. The van der Waals surface area contributed by atoms with Crippen LogP contribution < -0.4 is 0 Å². The van der Waals surface area contributed by atoms with E-state index in [9.17, 15) is 4.39 Å². The molecule has 0 aliphatic rings. The minimum Gasteiger partial charge on any atom is -0.207 e. The molecule has 0 saturated carbocycles.